The lowest BCUT2D eigenvalue weighted by atomic mass is 10.2. The van der Waals surface area contributed by atoms with Crippen LogP contribution >= 0.6 is 24.0 Å². The second-order valence-corrected chi connectivity index (χ2v) is 5.35. The predicted molar refractivity (Wildman–Crippen MR) is 103 cm³/mol. The Labute approximate surface area is 151 Å². The Balaban J connectivity index is 0.00000242. The smallest absolute Gasteiger partial charge is 0.194 e. The molecular weight excluding hydrogens is 389 g/mol. The first kappa shape index (κ1) is 19.1. The largest absolute Gasteiger partial charge is 0.489 e. The standard InChI is InChI=1S/C17H27N3O.HI/c1-3-15(21-16-10-6-5-7-11-16)14-19-17(18-4-2)20-12-8-9-13-20;/h5-7,10-11,15H,3-4,8-9,12-14H2,1-2H3,(H,18,19);1H. The molecule has 124 valence electrons. The maximum atomic E-state index is 6.00. The van der Waals surface area contributed by atoms with Gasteiger partial charge in [-0.2, -0.15) is 0 Å². The molecular formula is C17H28IN3O. The summed E-state index contributed by atoms with van der Waals surface area (Å²) >= 11 is 0. The highest BCUT2D eigenvalue weighted by Crippen LogP contribution is 2.13. The molecule has 0 saturated carbocycles. The number of hydrogen-bond donors (Lipinski definition) is 1. The lowest BCUT2D eigenvalue weighted by Crippen LogP contribution is -2.40. The van der Waals surface area contributed by atoms with Gasteiger partial charge in [-0.05, 0) is 38.3 Å². The number of nitrogens with one attached hydrogen (secondary N) is 1. The molecule has 22 heavy (non-hydrogen) atoms. The van der Waals surface area contributed by atoms with Gasteiger partial charge in [-0.25, -0.2) is 4.99 Å². The molecule has 5 heteroatoms. The summed E-state index contributed by atoms with van der Waals surface area (Å²) in [4.78, 5) is 7.12. The van der Waals surface area contributed by atoms with E-state index in [-0.39, 0.29) is 30.1 Å². The van der Waals surface area contributed by atoms with Crippen LogP contribution in [0.1, 0.15) is 33.1 Å². The Morgan fingerprint density at radius 1 is 1.23 bits per heavy atom. The highest BCUT2D eigenvalue weighted by Gasteiger charge is 2.16. The van der Waals surface area contributed by atoms with Crippen LogP contribution in [0.15, 0.2) is 35.3 Å². The highest BCUT2D eigenvalue weighted by molar-refractivity contribution is 14.0. The number of para-hydroxylation sites is 1. The van der Waals surface area contributed by atoms with Gasteiger partial charge in [0.15, 0.2) is 5.96 Å². The molecule has 0 bridgehead atoms. The van der Waals surface area contributed by atoms with Gasteiger partial charge < -0.3 is 15.0 Å². The minimum Gasteiger partial charge on any atom is -0.489 e. The Bertz CT molecular complexity index is 433. The normalized spacial score (nSPS) is 16.1. The van der Waals surface area contributed by atoms with Crippen LogP contribution in [0.2, 0.25) is 0 Å². The monoisotopic (exact) mass is 417 g/mol. The summed E-state index contributed by atoms with van der Waals surface area (Å²) in [7, 11) is 0. The van der Waals surface area contributed by atoms with Crippen molar-refractivity contribution >= 4 is 29.9 Å². The fourth-order valence-electron chi connectivity index (χ4n) is 2.48. The highest BCUT2D eigenvalue weighted by atomic mass is 127. The molecule has 1 fully saturated rings. The van der Waals surface area contributed by atoms with E-state index in [2.05, 4.69) is 24.1 Å². The molecule has 0 spiro atoms. The number of rotatable bonds is 6. The number of ether oxygens (including phenoxy) is 1. The van der Waals surface area contributed by atoms with E-state index in [9.17, 15) is 0 Å². The lowest BCUT2D eigenvalue weighted by molar-refractivity contribution is 0.205. The van der Waals surface area contributed by atoms with Crippen LogP contribution in [0.25, 0.3) is 0 Å². The summed E-state index contributed by atoms with van der Waals surface area (Å²) in [6.45, 7) is 8.09. The summed E-state index contributed by atoms with van der Waals surface area (Å²) in [5.41, 5.74) is 0. The molecule has 1 saturated heterocycles. The van der Waals surface area contributed by atoms with E-state index < -0.39 is 0 Å². The minimum absolute atomic E-state index is 0. The van der Waals surface area contributed by atoms with Crippen molar-refractivity contribution in [3.8, 4) is 5.75 Å². The first-order valence-corrected chi connectivity index (χ1v) is 8.08. The van der Waals surface area contributed by atoms with Gasteiger partial charge in [-0.15, -0.1) is 24.0 Å². The van der Waals surface area contributed by atoms with Crippen molar-refractivity contribution in [1.29, 1.82) is 0 Å². The van der Waals surface area contributed by atoms with Crippen LogP contribution in [0.4, 0.5) is 0 Å². The molecule has 1 N–H and O–H groups in total. The molecule has 0 aliphatic carbocycles. The maximum Gasteiger partial charge on any atom is 0.194 e. The first-order chi connectivity index (χ1) is 10.3. The zero-order valence-corrected chi connectivity index (χ0v) is 16.0. The van der Waals surface area contributed by atoms with E-state index in [1.165, 1.54) is 12.8 Å². The summed E-state index contributed by atoms with van der Waals surface area (Å²) in [5.74, 6) is 1.95. The molecule has 1 aliphatic heterocycles. The van der Waals surface area contributed by atoms with Crippen LogP contribution in [0, 0.1) is 0 Å². The van der Waals surface area contributed by atoms with Crippen molar-refractivity contribution in [3.63, 3.8) is 0 Å². The topological polar surface area (TPSA) is 36.9 Å². The number of guanidine groups is 1. The molecule has 1 aliphatic rings. The van der Waals surface area contributed by atoms with Crippen molar-refractivity contribution in [2.75, 3.05) is 26.2 Å². The van der Waals surface area contributed by atoms with Crippen LogP contribution in [0.3, 0.4) is 0 Å². The molecule has 1 aromatic carbocycles. The number of hydrogen-bond acceptors (Lipinski definition) is 2. The number of aliphatic imine (C=N–C) groups is 1. The number of halogens is 1. The van der Waals surface area contributed by atoms with Crippen LogP contribution < -0.4 is 10.1 Å². The Hall–Kier alpha value is -0.980. The summed E-state index contributed by atoms with van der Waals surface area (Å²) in [6, 6.07) is 10.00. The van der Waals surface area contributed by atoms with Crippen molar-refractivity contribution in [2.24, 2.45) is 4.99 Å². The predicted octanol–water partition coefficient (Wildman–Crippen LogP) is 3.52. The van der Waals surface area contributed by atoms with Crippen molar-refractivity contribution < 1.29 is 4.74 Å². The minimum atomic E-state index is 0. The van der Waals surface area contributed by atoms with Gasteiger partial charge in [0.2, 0.25) is 0 Å². The van der Waals surface area contributed by atoms with E-state index >= 15 is 0 Å². The zero-order valence-electron chi connectivity index (χ0n) is 13.6. The molecule has 0 aromatic heterocycles. The van der Waals surface area contributed by atoms with Gasteiger partial charge in [0.05, 0.1) is 6.54 Å². The number of benzene rings is 1. The van der Waals surface area contributed by atoms with Gasteiger partial charge in [-0.1, -0.05) is 25.1 Å². The van der Waals surface area contributed by atoms with E-state index in [1.54, 1.807) is 0 Å². The molecule has 1 heterocycles. The maximum absolute atomic E-state index is 6.00. The second-order valence-electron chi connectivity index (χ2n) is 5.35. The molecule has 1 unspecified atom stereocenters. The first-order valence-electron chi connectivity index (χ1n) is 8.08. The Morgan fingerprint density at radius 3 is 2.50 bits per heavy atom. The molecule has 4 nitrogen and oxygen atoms in total. The van der Waals surface area contributed by atoms with Gasteiger partial charge in [-0.3, -0.25) is 0 Å². The number of likely N-dealkylation sites (tertiary alicyclic amines) is 1. The third-order valence-corrected chi connectivity index (χ3v) is 3.69. The molecule has 1 atom stereocenters. The van der Waals surface area contributed by atoms with Gasteiger partial charge in [0, 0.05) is 19.6 Å². The average molecular weight is 417 g/mol. The third kappa shape index (κ3) is 6.02. The summed E-state index contributed by atoms with van der Waals surface area (Å²) < 4.78 is 6.00. The second kappa shape index (κ2) is 10.7. The van der Waals surface area contributed by atoms with Crippen molar-refractivity contribution in [2.45, 2.75) is 39.2 Å². The quantitative estimate of drug-likeness (QED) is 0.437. The average Bonchev–Trinajstić information content (AvgIpc) is 3.05. The van der Waals surface area contributed by atoms with Gasteiger partial charge in [0.1, 0.15) is 11.9 Å². The van der Waals surface area contributed by atoms with Crippen molar-refractivity contribution in [3.05, 3.63) is 30.3 Å². The van der Waals surface area contributed by atoms with Gasteiger partial charge in [0.25, 0.3) is 0 Å². The zero-order chi connectivity index (χ0) is 14.9. The van der Waals surface area contributed by atoms with E-state index in [0.29, 0.717) is 6.54 Å². The molecule has 0 amide bonds. The summed E-state index contributed by atoms with van der Waals surface area (Å²) in [5, 5.41) is 3.39. The fraction of sp³-hybridized carbons (Fsp3) is 0.588. The van der Waals surface area contributed by atoms with E-state index in [4.69, 9.17) is 9.73 Å². The van der Waals surface area contributed by atoms with Gasteiger partial charge >= 0.3 is 0 Å². The molecule has 2 rings (SSSR count). The summed E-state index contributed by atoms with van der Waals surface area (Å²) in [6.07, 6.45) is 3.62. The Morgan fingerprint density at radius 2 is 1.91 bits per heavy atom. The molecule has 1 aromatic rings. The van der Waals surface area contributed by atoms with Crippen LogP contribution in [0.5, 0.6) is 5.75 Å². The van der Waals surface area contributed by atoms with E-state index in [1.807, 2.05) is 30.3 Å². The SMILES string of the molecule is CCNC(=NCC(CC)Oc1ccccc1)N1CCCC1.I. The lowest BCUT2D eigenvalue weighted by Gasteiger charge is -2.22. The fourth-order valence-corrected chi connectivity index (χ4v) is 2.48. The van der Waals surface area contributed by atoms with Crippen LogP contribution in [-0.4, -0.2) is 43.1 Å². The Kier molecular flexibility index (Phi) is 9.27. The number of nitrogens with zero attached hydrogens (tertiary/aromatic N) is 2. The van der Waals surface area contributed by atoms with E-state index in [0.717, 1.165) is 37.8 Å². The molecule has 0 radical (unpaired) electrons. The van der Waals surface area contributed by atoms with Crippen LogP contribution in [-0.2, 0) is 0 Å². The van der Waals surface area contributed by atoms with Crippen molar-refractivity contribution in [1.82, 2.24) is 10.2 Å². The third-order valence-electron chi connectivity index (χ3n) is 3.69.